The summed E-state index contributed by atoms with van der Waals surface area (Å²) in [6.07, 6.45) is 0.279. The summed E-state index contributed by atoms with van der Waals surface area (Å²) in [5.74, 6) is -3.27. The standard InChI is InChI=1S/C25H27N3O6/c1-12-4-6-15-21(13(12)2)26-24(33)25(15)20-19(22(31)28(23(20)32)8-9-34-3)16(27-25)10-14-5-7-17(29)18(30)11-14/h4-7,11,16,19-20,27,29-30H,8-10H2,1-3H3,(H,26,33). The molecule has 178 valence electrons. The van der Waals surface area contributed by atoms with Crippen molar-refractivity contribution in [3.63, 3.8) is 0 Å². The molecular formula is C25H27N3O6. The van der Waals surface area contributed by atoms with Crippen LogP contribution in [0.15, 0.2) is 30.3 Å². The number of hydrogen-bond acceptors (Lipinski definition) is 7. The topological polar surface area (TPSA) is 128 Å². The Morgan fingerprint density at radius 3 is 2.53 bits per heavy atom. The van der Waals surface area contributed by atoms with E-state index in [0.29, 0.717) is 16.8 Å². The Labute approximate surface area is 196 Å². The van der Waals surface area contributed by atoms with E-state index >= 15 is 0 Å². The van der Waals surface area contributed by atoms with Crippen molar-refractivity contribution >= 4 is 23.4 Å². The van der Waals surface area contributed by atoms with Crippen LogP contribution in [0.2, 0.25) is 0 Å². The number of aromatic hydroxyl groups is 2. The smallest absolute Gasteiger partial charge is 0.250 e. The number of nitrogens with one attached hydrogen (secondary N) is 2. The minimum Gasteiger partial charge on any atom is -0.504 e. The van der Waals surface area contributed by atoms with E-state index in [1.807, 2.05) is 26.0 Å². The molecule has 4 unspecified atom stereocenters. The lowest BCUT2D eigenvalue weighted by Crippen LogP contribution is -2.53. The number of anilines is 1. The van der Waals surface area contributed by atoms with Crippen LogP contribution in [0.3, 0.4) is 0 Å². The summed E-state index contributed by atoms with van der Waals surface area (Å²) < 4.78 is 5.10. The first-order chi connectivity index (χ1) is 16.2. The molecule has 0 saturated carbocycles. The summed E-state index contributed by atoms with van der Waals surface area (Å²) in [5, 5.41) is 26.0. The van der Waals surface area contributed by atoms with Crippen LogP contribution >= 0.6 is 0 Å². The number of benzene rings is 2. The van der Waals surface area contributed by atoms with E-state index in [0.717, 1.165) is 11.1 Å². The van der Waals surface area contributed by atoms with Gasteiger partial charge >= 0.3 is 0 Å². The lowest BCUT2D eigenvalue weighted by molar-refractivity contribution is -0.143. The molecule has 0 aliphatic carbocycles. The molecule has 0 bridgehead atoms. The van der Waals surface area contributed by atoms with Gasteiger partial charge in [-0.3, -0.25) is 24.6 Å². The van der Waals surface area contributed by atoms with Crippen LogP contribution in [-0.2, 0) is 31.1 Å². The average molecular weight is 466 g/mol. The van der Waals surface area contributed by atoms with Gasteiger partial charge in [0.1, 0.15) is 5.54 Å². The van der Waals surface area contributed by atoms with Gasteiger partial charge in [0.2, 0.25) is 17.7 Å². The van der Waals surface area contributed by atoms with E-state index in [-0.39, 0.29) is 42.9 Å². The minimum atomic E-state index is -1.38. The number of aryl methyl sites for hydroxylation is 1. The van der Waals surface area contributed by atoms with Gasteiger partial charge in [0.25, 0.3) is 0 Å². The number of amides is 3. The average Bonchev–Trinajstić information content (AvgIpc) is 3.37. The van der Waals surface area contributed by atoms with E-state index < -0.39 is 29.3 Å². The Balaban J connectivity index is 1.62. The second kappa shape index (κ2) is 7.82. The molecule has 4 atom stereocenters. The van der Waals surface area contributed by atoms with Crippen LogP contribution in [0.1, 0.15) is 22.3 Å². The molecular weight excluding hydrogens is 438 g/mol. The van der Waals surface area contributed by atoms with Crippen molar-refractivity contribution in [2.45, 2.75) is 31.8 Å². The number of hydrogen-bond donors (Lipinski definition) is 4. The third-order valence-electron chi connectivity index (χ3n) is 7.53. The van der Waals surface area contributed by atoms with E-state index in [4.69, 9.17) is 4.74 Å². The molecule has 0 aromatic heterocycles. The van der Waals surface area contributed by atoms with Crippen molar-refractivity contribution in [3.8, 4) is 11.5 Å². The number of methoxy groups -OCH3 is 1. The molecule has 3 heterocycles. The van der Waals surface area contributed by atoms with Gasteiger partial charge in [-0.15, -0.1) is 0 Å². The van der Waals surface area contributed by atoms with Gasteiger partial charge in [0.05, 0.1) is 25.0 Å². The van der Waals surface area contributed by atoms with Gasteiger partial charge < -0.3 is 20.3 Å². The van der Waals surface area contributed by atoms with Gasteiger partial charge in [0.15, 0.2) is 11.5 Å². The van der Waals surface area contributed by atoms with E-state index in [1.165, 1.54) is 24.1 Å². The molecule has 0 radical (unpaired) electrons. The maximum Gasteiger partial charge on any atom is 0.250 e. The summed E-state index contributed by atoms with van der Waals surface area (Å²) in [4.78, 5) is 41.9. The van der Waals surface area contributed by atoms with Crippen molar-refractivity contribution in [3.05, 3.63) is 52.6 Å². The second-order valence-corrected chi connectivity index (χ2v) is 9.29. The molecule has 2 saturated heterocycles. The number of fused-ring (bicyclic) bond motifs is 4. The van der Waals surface area contributed by atoms with Crippen LogP contribution in [0.25, 0.3) is 0 Å². The third-order valence-corrected chi connectivity index (χ3v) is 7.53. The number of rotatable bonds is 5. The Morgan fingerprint density at radius 1 is 1.06 bits per heavy atom. The first-order valence-corrected chi connectivity index (χ1v) is 11.3. The van der Waals surface area contributed by atoms with E-state index in [1.54, 1.807) is 6.07 Å². The summed E-state index contributed by atoms with van der Waals surface area (Å²) in [6.45, 7) is 4.19. The number of likely N-dealkylation sites (tertiary alicyclic amines) is 1. The van der Waals surface area contributed by atoms with Crippen LogP contribution in [0.5, 0.6) is 11.5 Å². The third kappa shape index (κ3) is 2.97. The minimum absolute atomic E-state index is 0.116. The molecule has 3 aliphatic rings. The zero-order valence-corrected chi connectivity index (χ0v) is 19.2. The van der Waals surface area contributed by atoms with Gasteiger partial charge in [-0.2, -0.15) is 0 Å². The van der Waals surface area contributed by atoms with Crippen molar-refractivity contribution in [1.29, 1.82) is 0 Å². The Hall–Kier alpha value is -3.43. The summed E-state index contributed by atoms with van der Waals surface area (Å²) in [5.41, 5.74) is 2.56. The fourth-order valence-corrected chi connectivity index (χ4v) is 5.71. The number of phenols is 2. The number of ether oxygens (including phenoxy) is 1. The lowest BCUT2D eigenvalue weighted by atomic mass is 9.75. The first kappa shape index (κ1) is 22.4. The molecule has 2 aromatic rings. The van der Waals surface area contributed by atoms with Gasteiger partial charge in [0, 0.05) is 24.4 Å². The monoisotopic (exact) mass is 465 g/mol. The number of imide groups is 1. The van der Waals surface area contributed by atoms with Crippen LogP contribution < -0.4 is 10.6 Å². The molecule has 4 N–H and O–H groups in total. The maximum absolute atomic E-state index is 13.6. The van der Waals surface area contributed by atoms with Crippen LogP contribution in [-0.4, -0.2) is 59.1 Å². The molecule has 3 amide bonds. The molecule has 9 nitrogen and oxygen atoms in total. The largest absolute Gasteiger partial charge is 0.504 e. The summed E-state index contributed by atoms with van der Waals surface area (Å²) in [6, 6.07) is 7.68. The fourth-order valence-electron chi connectivity index (χ4n) is 5.71. The molecule has 9 heteroatoms. The van der Waals surface area contributed by atoms with Crippen molar-refractivity contribution in [2.75, 3.05) is 25.6 Å². The predicted molar refractivity (Wildman–Crippen MR) is 122 cm³/mol. The Morgan fingerprint density at radius 2 is 1.82 bits per heavy atom. The van der Waals surface area contributed by atoms with E-state index in [9.17, 15) is 24.6 Å². The highest BCUT2D eigenvalue weighted by atomic mass is 16.5. The maximum atomic E-state index is 13.6. The van der Waals surface area contributed by atoms with Crippen molar-refractivity contribution in [2.24, 2.45) is 11.8 Å². The van der Waals surface area contributed by atoms with Crippen LogP contribution in [0.4, 0.5) is 5.69 Å². The molecule has 1 spiro atoms. The normalized spacial score (nSPS) is 27.4. The predicted octanol–water partition coefficient (Wildman–Crippen LogP) is 1.32. The highest BCUT2D eigenvalue weighted by Gasteiger charge is 2.70. The zero-order chi connectivity index (χ0) is 24.4. The number of phenolic OH excluding ortho intramolecular Hbond substituents is 2. The fraction of sp³-hybridized carbons (Fsp3) is 0.400. The molecule has 2 aromatic carbocycles. The number of carbonyl (C=O) groups is 3. The zero-order valence-electron chi connectivity index (χ0n) is 19.2. The highest BCUT2D eigenvalue weighted by Crippen LogP contribution is 2.54. The molecule has 3 aliphatic heterocycles. The molecule has 5 rings (SSSR count). The van der Waals surface area contributed by atoms with Gasteiger partial charge in [-0.1, -0.05) is 18.2 Å². The van der Waals surface area contributed by atoms with Gasteiger partial charge in [-0.05, 0) is 49.1 Å². The molecule has 2 fully saturated rings. The van der Waals surface area contributed by atoms with Crippen molar-refractivity contribution < 1.29 is 29.3 Å². The van der Waals surface area contributed by atoms with Gasteiger partial charge in [-0.25, -0.2) is 0 Å². The Kier molecular flexibility index (Phi) is 5.14. The Bertz CT molecular complexity index is 1230. The quantitative estimate of drug-likeness (QED) is 0.387. The SMILES string of the molecule is COCCN1C(=O)C2C(Cc3ccc(O)c(O)c3)NC3(C(=O)Nc4c3ccc(C)c4C)C2C1=O. The molecule has 34 heavy (non-hydrogen) atoms. The summed E-state index contributed by atoms with van der Waals surface area (Å²) in [7, 11) is 1.50. The number of carbonyl (C=O) groups excluding carboxylic acids is 3. The lowest BCUT2D eigenvalue weighted by Gasteiger charge is -2.29. The highest BCUT2D eigenvalue weighted by molar-refractivity contribution is 6.15. The van der Waals surface area contributed by atoms with Crippen molar-refractivity contribution in [1.82, 2.24) is 10.2 Å². The number of nitrogens with zero attached hydrogens (tertiary/aromatic N) is 1. The van der Waals surface area contributed by atoms with E-state index in [2.05, 4.69) is 10.6 Å². The first-order valence-electron chi connectivity index (χ1n) is 11.3. The summed E-state index contributed by atoms with van der Waals surface area (Å²) >= 11 is 0. The second-order valence-electron chi connectivity index (χ2n) is 9.29. The van der Waals surface area contributed by atoms with Crippen LogP contribution in [0, 0.1) is 25.7 Å².